The molecule has 0 amide bonds. The second kappa shape index (κ2) is 5.80. The smallest absolute Gasteiger partial charge is 0.139 e. The minimum atomic E-state index is -0.600. The zero-order chi connectivity index (χ0) is 18.2. The molecule has 0 spiro atoms. The molecule has 1 N–H and O–H groups in total. The molecule has 0 bridgehead atoms. The lowest BCUT2D eigenvalue weighted by atomic mass is 9.42. The summed E-state index contributed by atoms with van der Waals surface area (Å²) in [5.74, 6) is 4.35. The monoisotopic (exact) mass is 360 g/mol. The topological polar surface area (TPSA) is 46.5 Å². The summed E-state index contributed by atoms with van der Waals surface area (Å²) in [6.45, 7) is 2.78. The molecule has 0 aliphatic heterocycles. The van der Waals surface area contributed by atoms with Crippen LogP contribution in [0.25, 0.3) is 0 Å². The van der Waals surface area contributed by atoms with Crippen molar-refractivity contribution in [3.63, 3.8) is 0 Å². The van der Waals surface area contributed by atoms with E-state index in [9.17, 15) is 9.90 Å². The number of Topliss-reactive ketones (excluding diaryl/α,β-unsaturated/α-hetero) is 1. The number of hydrogen-bond donors (Lipinski definition) is 1. The average molecular weight is 361 g/mol. The Labute approximate surface area is 158 Å². The number of methoxy groups -OCH3 is 1. The van der Waals surface area contributed by atoms with Gasteiger partial charge in [0.1, 0.15) is 5.78 Å². The minimum Gasteiger partial charge on any atom is -0.387 e. The van der Waals surface area contributed by atoms with Gasteiger partial charge in [-0.15, -0.1) is 0 Å². The Morgan fingerprint density at radius 1 is 1.00 bits per heavy atom. The van der Waals surface area contributed by atoms with Gasteiger partial charge in [-0.3, -0.25) is 4.79 Å². The molecule has 0 aromatic rings. The number of carbonyl (C=O) groups excluding carboxylic acids is 1. The lowest BCUT2D eigenvalue weighted by Crippen LogP contribution is -2.58. The van der Waals surface area contributed by atoms with Crippen molar-refractivity contribution in [1.29, 1.82) is 0 Å². The van der Waals surface area contributed by atoms with Crippen LogP contribution in [0, 0.1) is 40.4 Å². The first-order valence-electron chi connectivity index (χ1n) is 11.2. The van der Waals surface area contributed by atoms with Gasteiger partial charge in [0.2, 0.25) is 0 Å². The highest BCUT2D eigenvalue weighted by Gasteiger charge is 2.65. The van der Waals surface area contributed by atoms with E-state index < -0.39 is 5.60 Å². The fourth-order valence-electron chi connectivity index (χ4n) is 8.65. The predicted octanol–water partition coefficient (Wildman–Crippen LogP) is 4.37. The molecule has 0 radical (unpaired) electrons. The first-order valence-corrected chi connectivity index (χ1v) is 11.2. The number of aliphatic hydroxyl groups is 1. The van der Waals surface area contributed by atoms with Crippen molar-refractivity contribution < 1.29 is 14.6 Å². The van der Waals surface area contributed by atoms with E-state index >= 15 is 0 Å². The summed E-state index contributed by atoms with van der Waals surface area (Å²) >= 11 is 0. The van der Waals surface area contributed by atoms with Crippen molar-refractivity contribution in [2.24, 2.45) is 40.4 Å². The Balaban J connectivity index is 1.47. The van der Waals surface area contributed by atoms with Gasteiger partial charge < -0.3 is 9.84 Å². The number of rotatable bonds is 3. The Hall–Kier alpha value is -0.410. The molecule has 0 unspecified atom stereocenters. The second-order valence-electron chi connectivity index (χ2n) is 10.8. The van der Waals surface area contributed by atoms with Crippen molar-refractivity contribution in [3.05, 3.63) is 0 Å². The summed E-state index contributed by atoms with van der Waals surface area (Å²) < 4.78 is 5.37. The molecule has 0 aromatic carbocycles. The van der Waals surface area contributed by atoms with Crippen molar-refractivity contribution >= 4 is 5.78 Å². The van der Waals surface area contributed by atoms with E-state index in [1.807, 2.05) is 0 Å². The third-order valence-corrected chi connectivity index (χ3v) is 9.85. The molecule has 5 aliphatic carbocycles. The van der Waals surface area contributed by atoms with Gasteiger partial charge in [-0.25, -0.2) is 0 Å². The number of carbonyl (C=O) groups is 1. The van der Waals surface area contributed by atoms with Gasteiger partial charge in [0.05, 0.1) is 12.2 Å². The molecular formula is C23H36O3. The Kier molecular flexibility index (Phi) is 3.94. The highest BCUT2D eigenvalue weighted by atomic mass is 16.5. The summed E-state index contributed by atoms with van der Waals surface area (Å²) in [4.78, 5) is 12.6. The van der Waals surface area contributed by atoms with Gasteiger partial charge >= 0.3 is 0 Å². The van der Waals surface area contributed by atoms with Crippen molar-refractivity contribution in [2.75, 3.05) is 13.7 Å². The maximum atomic E-state index is 12.6. The normalized spacial score (nSPS) is 53.7. The summed E-state index contributed by atoms with van der Waals surface area (Å²) in [5, 5.41) is 11.1. The lowest BCUT2D eigenvalue weighted by Gasteiger charge is -2.63. The van der Waals surface area contributed by atoms with Crippen LogP contribution in [0.2, 0.25) is 0 Å². The predicted molar refractivity (Wildman–Crippen MR) is 101 cm³/mol. The molecule has 26 heavy (non-hydrogen) atoms. The molecule has 5 aliphatic rings. The average Bonchev–Trinajstić information content (AvgIpc) is 3.41. The van der Waals surface area contributed by atoms with Crippen LogP contribution in [0.5, 0.6) is 0 Å². The zero-order valence-corrected chi connectivity index (χ0v) is 16.6. The third-order valence-electron chi connectivity index (χ3n) is 9.85. The zero-order valence-electron chi connectivity index (χ0n) is 16.6. The van der Waals surface area contributed by atoms with E-state index in [2.05, 4.69) is 6.92 Å². The first-order chi connectivity index (χ1) is 12.4. The maximum Gasteiger partial charge on any atom is 0.139 e. The van der Waals surface area contributed by atoms with E-state index in [-0.39, 0.29) is 5.41 Å². The van der Waals surface area contributed by atoms with Gasteiger partial charge in [-0.2, -0.15) is 0 Å². The van der Waals surface area contributed by atoms with Crippen LogP contribution in [0.3, 0.4) is 0 Å². The molecule has 0 aromatic heterocycles. The van der Waals surface area contributed by atoms with Crippen LogP contribution in [0.15, 0.2) is 0 Å². The Morgan fingerprint density at radius 2 is 1.77 bits per heavy atom. The van der Waals surface area contributed by atoms with E-state index in [0.29, 0.717) is 29.6 Å². The van der Waals surface area contributed by atoms with Gasteiger partial charge in [0, 0.05) is 18.9 Å². The molecule has 3 nitrogen and oxygen atoms in total. The summed E-state index contributed by atoms with van der Waals surface area (Å²) in [6.07, 6.45) is 12.8. The molecule has 5 saturated carbocycles. The molecular weight excluding hydrogens is 324 g/mol. The van der Waals surface area contributed by atoms with E-state index in [4.69, 9.17) is 4.74 Å². The van der Waals surface area contributed by atoms with Crippen molar-refractivity contribution in [1.82, 2.24) is 0 Å². The lowest BCUT2D eigenvalue weighted by molar-refractivity contribution is -0.176. The number of ether oxygens (including phenoxy) is 1. The van der Waals surface area contributed by atoms with Crippen LogP contribution in [-0.4, -0.2) is 30.2 Å². The SMILES string of the molecule is COC[C@@]1(O)CC[C@@]2(C3CC3)[C@H](CC[C@@H]3[C@@H]2CC[C@]2(C)C(=O)CC[C@@H]32)C1. The van der Waals surface area contributed by atoms with Gasteiger partial charge in [0.15, 0.2) is 0 Å². The van der Waals surface area contributed by atoms with Crippen LogP contribution >= 0.6 is 0 Å². The van der Waals surface area contributed by atoms with Gasteiger partial charge in [-0.1, -0.05) is 6.92 Å². The molecule has 146 valence electrons. The number of ketones is 1. The highest BCUT2D eigenvalue weighted by molar-refractivity contribution is 5.87. The molecule has 5 rings (SSSR count). The largest absolute Gasteiger partial charge is 0.387 e. The molecule has 0 heterocycles. The number of hydrogen-bond acceptors (Lipinski definition) is 3. The number of fused-ring (bicyclic) bond motifs is 5. The van der Waals surface area contributed by atoms with E-state index in [0.717, 1.165) is 49.9 Å². The van der Waals surface area contributed by atoms with Gasteiger partial charge in [0.25, 0.3) is 0 Å². The minimum absolute atomic E-state index is 0.00972. The fourth-order valence-corrected chi connectivity index (χ4v) is 8.65. The van der Waals surface area contributed by atoms with Crippen LogP contribution < -0.4 is 0 Å². The van der Waals surface area contributed by atoms with E-state index in [1.165, 1.54) is 38.5 Å². The third kappa shape index (κ3) is 2.28. The van der Waals surface area contributed by atoms with Crippen molar-refractivity contribution in [2.45, 2.75) is 83.2 Å². The highest BCUT2D eigenvalue weighted by Crippen LogP contribution is 2.71. The molecule has 3 heteroatoms. The summed E-state index contributed by atoms with van der Waals surface area (Å²) in [5.41, 5.74) is -0.142. The second-order valence-corrected chi connectivity index (χ2v) is 10.8. The van der Waals surface area contributed by atoms with Crippen molar-refractivity contribution in [3.8, 4) is 0 Å². The molecule has 0 saturated heterocycles. The molecule has 5 fully saturated rings. The summed E-state index contributed by atoms with van der Waals surface area (Å²) in [6, 6.07) is 0. The van der Waals surface area contributed by atoms with Crippen LogP contribution in [0.1, 0.15) is 77.6 Å². The maximum absolute atomic E-state index is 12.6. The Morgan fingerprint density at radius 3 is 2.50 bits per heavy atom. The summed E-state index contributed by atoms with van der Waals surface area (Å²) in [7, 11) is 1.72. The van der Waals surface area contributed by atoms with Crippen LogP contribution in [0.4, 0.5) is 0 Å². The first kappa shape index (κ1) is 17.7. The van der Waals surface area contributed by atoms with E-state index in [1.54, 1.807) is 7.11 Å². The quantitative estimate of drug-likeness (QED) is 0.813. The molecule has 7 atom stereocenters. The standard InChI is InChI=1S/C23H36O3/c1-21-10-9-19-17(18(21)7-8-20(21)24)6-5-16-13-22(25,14-26-2)11-12-23(16,19)15-3-4-15/h15-19,25H,3-14H2,1-2H3/t16-,17+,18+,19+,21+,22-,23-/m1/s1. The van der Waals surface area contributed by atoms with Gasteiger partial charge in [-0.05, 0) is 99.2 Å². The van der Waals surface area contributed by atoms with Crippen LogP contribution in [-0.2, 0) is 9.53 Å². The Bertz CT molecular complexity index is 598. The fraction of sp³-hybridized carbons (Fsp3) is 0.957.